The number of carbonyl (C=O) groups is 3. The van der Waals surface area contributed by atoms with E-state index in [1.807, 2.05) is 36.4 Å². The average Bonchev–Trinajstić information content (AvgIpc) is 3.06. The molecule has 33 heavy (non-hydrogen) atoms. The standard InChI is InChI=1S/C27H33N3O3/c1-2-3-9-20-13-15-23(16-14-20)28-25(31)12-5-4-8-17-29-26(32)24-18-21-10-6-7-11-22(21)19-30(24)27(29)33/h6-7,10-11,13-16,24H,2-5,8-9,12,17-19H2,1H3,(H,28,31). The molecule has 2 aromatic carbocycles. The van der Waals surface area contributed by atoms with Gasteiger partial charge < -0.3 is 10.2 Å². The number of hydrogen-bond acceptors (Lipinski definition) is 3. The summed E-state index contributed by atoms with van der Waals surface area (Å²) < 4.78 is 0. The normalized spacial score (nSPS) is 17.2. The van der Waals surface area contributed by atoms with Crippen molar-refractivity contribution in [3.05, 3.63) is 65.2 Å². The molecular weight excluding hydrogens is 414 g/mol. The first-order chi connectivity index (χ1) is 16.1. The number of unbranched alkanes of at least 4 members (excludes halogenated alkanes) is 3. The van der Waals surface area contributed by atoms with Gasteiger partial charge in [-0.3, -0.25) is 14.5 Å². The van der Waals surface area contributed by atoms with Gasteiger partial charge in [0, 0.05) is 31.6 Å². The smallest absolute Gasteiger partial charge is 0.326 e. The summed E-state index contributed by atoms with van der Waals surface area (Å²) in [5.74, 6) is -0.0887. The average molecular weight is 448 g/mol. The Labute approximate surface area is 196 Å². The van der Waals surface area contributed by atoms with Crippen LogP contribution < -0.4 is 5.32 Å². The molecule has 2 heterocycles. The maximum absolute atomic E-state index is 12.8. The molecule has 1 fully saturated rings. The minimum Gasteiger partial charge on any atom is -0.326 e. The van der Waals surface area contributed by atoms with Gasteiger partial charge >= 0.3 is 6.03 Å². The van der Waals surface area contributed by atoms with Crippen molar-refractivity contribution in [1.29, 1.82) is 0 Å². The van der Waals surface area contributed by atoms with Crippen LogP contribution in [0, 0.1) is 0 Å². The molecule has 1 unspecified atom stereocenters. The van der Waals surface area contributed by atoms with Crippen molar-refractivity contribution in [2.24, 2.45) is 0 Å². The molecule has 2 aliphatic heterocycles. The fraction of sp³-hybridized carbons (Fsp3) is 0.444. The lowest BCUT2D eigenvalue weighted by atomic mass is 9.95. The van der Waals surface area contributed by atoms with Gasteiger partial charge in [-0.1, -0.05) is 56.2 Å². The van der Waals surface area contributed by atoms with E-state index in [1.165, 1.54) is 23.3 Å². The second kappa shape index (κ2) is 10.6. The number of aryl methyl sites for hydroxylation is 1. The van der Waals surface area contributed by atoms with Gasteiger partial charge in [0.1, 0.15) is 6.04 Å². The highest BCUT2D eigenvalue weighted by Gasteiger charge is 2.46. The van der Waals surface area contributed by atoms with Crippen molar-refractivity contribution < 1.29 is 14.4 Å². The van der Waals surface area contributed by atoms with Crippen LogP contribution in [-0.2, 0) is 29.0 Å². The van der Waals surface area contributed by atoms with Gasteiger partial charge in [0.05, 0.1) is 0 Å². The first-order valence-corrected chi connectivity index (χ1v) is 12.1. The molecule has 0 bridgehead atoms. The zero-order valence-electron chi connectivity index (χ0n) is 19.4. The number of benzene rings is 2. The topological polar surface area (TPSA) is 69.7 Å². The number of rotatable bonds is 10. The van der Waals surface area contributed by atoms with Gasteiger partial charge in [0.2, 0.25) is 5.91 Å². The number of imide groups is 1. The maximum atomic E-state index is 12.8. The minimum absolute atomic E-state index is 0.000436. The van der Waals surface area contributed by atoms with Gasteiger partial charge in [-0.05, 0) is 54.5 Å². The summed E-state index contributed by atoms with van der Waals surface area (Å²) in [4.78, 5) is 40.9. The molecule has 174 valence electrons. The number of amides is 4. The third-order valence-corrected chi connectivity index (χ3v) is 6.62. The number of carbonyl (C=O) groups excluding carboxylic acids is 3. The summed E-state index contributed by atoms with van der Waals surface area (Å²) in [6, 6.07) is 15.5. The Hall–Kier alpha value is -3.15. The first kappa shape index (κ1) is 23.0. The van der Waals surface area contributed by atoms with Gasteiger partial charge in [0.15, 0.2) is 0 Å². The molecule has 4 rings (SSSR count). The van der Waals surface area contributed by atoms with E-state index in [-0.39, 0.29) is 23.9 Å². The number of anilines is 1. The number of urea groups is 1. The molecule has 4 amide bonds. The van der Waals surface area contributed by atoms with Gasteiger partial charge in [-0.25, -0.2) is 4.79 Å². The largest absolute Gasteiger partial charge is 0.327 e. The van der Waals surface area contributed by atoms with Crippen molar-refractivity contribution in [1.82, 2.24) is 9.80 Å². The minimum atomic E-state index is -0.369. The van der Waals surface area contributed by atoms with E-state index in [0.29, 0.717) is 32.4 Å². The molecule has 0 saturated carbocycles. The zero-order chi connectivity index (χ0) is 23.2. The van der Waals surface area contributed by atoms with E-state index >= 15 is 0 Å². The van der Waals surface area contributed by atoms with Crippen molar-refractivity contribution in [3.8, 4) is 0 Å². The van der Waals surface area contributed by atoms with E-state index in [0.717, 1.165) is 36.1 Å². The van der Waals surface area contributed by atoms with Crippen molar-refractivity contribution in [2.75, 3.05) is 11.9 Å². The van der Waals surface area contributed by atoms with Crippen LogP contribution in [0.25, 0.3) is 0 Å². The molecule has 1 saturated heterocycles. The second-order valence-electron chi connectivity index (χ2n) is 9.05. The number of fused-ring (bicyclic) bond motifs is 2. The predicted octanol–water partition coefficient (Wildman–Crippen LogP) is 4.92. The first-order valence-electron chi connectivity index (χ1n) is 12.1. The van der Waals surface area contributed by atoms with E-state index in [4.69, 9.17) is 0 Å². The molecule has 0 radical (unpaired) electrons. The monoisotopic (exact) mass is 447 g/mol. The Kier molecular flexibility index (Phi) is 7.43. The third kappa shape index (κ3) is 5.44. The summed E-state index contributed by atoms with van der Waals surface area (Å²) in [6.07, 6.45) is 6.68. The lowest BCUT2D eigenvalue weighted by Crippen LogP contribution is -2.39. The number of nitrogens with zero attached hydrogens (tertiary/aromatic N) is 2. The lowest BCUT2D eigenvalue weighted by Gasteiger charge is -2.28. The highest BCUT2D eigenvalue weighted by atomic mass is 16.2. The fourth-order valence-corrected chi connectivity index (χ4v) is 4.67. The Morgan fingerprint density at radius 1 is 0.970 bits per heavy atom. The highest BCUT2D eigenvalue weighted by molar-refractivity contribution is 6.04. The van der Waals surface area contributed by atoms with E-state index in [9.17, 15) is 14.4 Å². The SMILES string of the molecule is CCCCc1ccc(NC(=O)CCCCCN2C(=O)C3Cc4ccccc4CN3C2=O)cc1. The summed E-state index contributed by atoms with van der Waals surface area (Å²) >= 11 is 0. The van der Waals surface area contributed by atoms with Crippen LogP contribution in [0.4, 0.5) is 10.5 Å². The molecule has 2 aliphatic rings. The van der Waals surface area contributed by atoms with E-state index in [2.05, 4.69) is 24.4 Å². The quantitative estimate of drug-likeness (QED) is 0.415. The van der Waals surface area contributed by atoms with Crippen LogP contribution in [0.1, 0.15) is 62.1 Å². The molecule has 6 nitrogen and oxygen atoms in total. The van der Waals surface area contributed by atoms with Crippen LogP contribution in [0.5, 0.6) is 0 Å². The van der Waals surface area contributed by atoms with Crippen LogP contribution in [0.2, 0.25) is 0 Å². The summed E-state index contributed by atoms with van der Waals surface area (Å²) in [5.41, 5.74) is 4.40. The Balaban J connectivity index is 1.17. The van der Waals surface area contributed by atoms with Crippen LogP contribution in [-0.4, -0.2) is 40.2 Å². The second-order valence-corrected chi connectivity index (χ2v) is 9.05. The Morgan fingerprint density at radius 3 is 2.48 bits per heavy atom. The van der Waals surface area contributed by atoms with Gasteiger partial charge in [-0.15, -0.1) is 0 Å². The predicted molar refractivity (Wildman–Crippen MR) is 129 cm³/mol. The van der Waals surface area contributed by atoms with Crippen molar-refractivity contribution in [2.45, 2.75) is 70.9 Å². The summed E-state index contributed by atoms with van der Waals surface area (Å²) in [7, 11) is 0. The molecule has 1 N–H and O–H groups in total. The zero-order valence-corrected chi connectivity index (χ0v) is 19.4. The molecule has 2 aromatic rings. The van der Waals surface area contributed by atoms with Crippen LogP contribution in [0.3, 0.4) is 0 Å². The lowest BCUT2D eigenvalue weighted by molar-refractivity contribution is -0.128. The van der Waals surface area contributed by atoms with Gasteiger partial charge in [-0.2, -0.15) is 0 Å². The highest BCUT2D eigenvalue weighted by Crippen LogP contribution is 2.30. The molecular formula is C27H33N3O3. The summed E-state index contributed by atoms with van der Waals surface area (Å²) in [6.45, 7) is 3.10. The molecule has 0 aliphatic carbocycles. The number of nitrogens with one attached hydrogen (secondary N) is 1. The maximum Gasteiger partial charge on any atom is 0.327 e. The molecule has 0 spiro atoms. The molecule has 1 atom stereocenters. The van der Waals surface area contributed by atoms with Crippen molar-refractivity contribution >= 4 is 23.5 Å². The van der Waals surface area contributed by atoms with E-state index in [1.54, 1.807) is 4.90 Å². The van der Waals surface area contributed by atoms with Gasteiger partial charge in [0.25, 0.3) is 5.91 Å². The Morgan fingerprint density at radius 2 is 1.73 bits per heavy atom. The van der Waals surface area contributed by atoms with E-state index < -0.39 is 0 Å². The van der Waals surface area contributed by atoms with Crippen LogP contribution >= 0.6 is 0 Å². The number of hydrogen-bond donors (Lipinski definition) is 1. The fourth-order valence-electron chi connectivity index (χ4n) is 4.67. The third-order valence-electron chi connectivity index (χ3n) is 6.62. The summed E-state index contributed by atoms with van der Waals surface area (Å²) in [5, 5.41) is 2.95. The molecule has 0 aromatic heterocycles. The van der Waals surface area contributed by atoms with Crippen LogP contribution in [0.15, 0.2) is 48.5 Å². The van der Waals surface area contributed by atoms with Crippen molar-refractivity contribution in [3.63, 3.8) is 0 Å². The Bertz CT molecular complexity index is 959. The molecule has 6 heteroatoms.